The Kier molecular flexibility index (Phi) is 6.69. The number of aromatic nitrogens is 2. The van der Waals surface area contributed by atoms with E-state index < -0.39 is 0 Å². The van der Waals surface area contributed by atoms with E-state index in [0.717, 1.165) is 16.3 Å². The van der Waals surface area contributed by atoms with E-state index in [1.807, 2.05) is 30.3 Å². The van der Waals surface area contributed by atoms with Crippen LogP contribution in [-0.4, -0.2) is 35.7 Å². The molecular weight excluding hydrogens is 376 g/mol. The van der Waals surface area contributed by atoms with Crippen molar-refractivity contribution in [3.05, 3.63) is 70.7 Å². The highest BCUT2D eigenvalue weighted by molar-refractivity contribution is 7.15. The second-order valence-electron chi connectivity index (χ2n) is 5.91. The summed E-state index contributed by atoms with van der Waals surface area (Å²) in [5.74, 6) is 0.356. The number of methoxy groups -OCH3 is 1. The van der Waals surface area contributed by atoms with Crippen molar-refractivity contribution < 1.29 is 14.3 Å². The summed E-state index contributed by atoms with van der Waals surface area (Å²) in [6.45, 7) is 0.242. The number of para-hydroxylation sites is 1. The van der Waals surface area contributed by atoms with E-state index in [-0.39, 0.29) is 24.8 Å². The number of carbonyl (C=O) groups excluding carboxylic acids is 2. The minimum Gasteiger partial charge on any atom is -0.496 e. The second kappa shape index (κ2) is 9.61. The smallest absolute Gasteiger partial charge is 0.251 e. The fourth-order valence-electron chi connectivity index (χ4n) is 2.55. The Morgan fingerprint density at radius 2 is 1.79 bits per heavy atom. The lowest BCUT2D eigenvalue weighted by atomic mass is 10.1. The van der Waals surface area contributed by atoms with Crippen LogP contribution in [0.5, 0.6) is 5.75 Å². The van der Waals surface area contributed by atoms with Gasteiger partial charge in [0.2, 0.25) is 11.0 Å². The molecule has 2 N–H and O–H groups in total. The number of hydrogen-bond acceptors (Lipinski definition) is 6. The van der Waals surface area contributed by atoms with Crippen molar-refractivity contribution in [1.82, 2.24) is 15.5 Å². The van der Waals surface area contributed by atoms with Gasteiger partial charge in [-0.1, -0.05) is 47.7 Å². The van der Waals surface area contributed by atoms with Gasteiger partial charge in [0.25, 0.3) is 5.91 Å². The second-order valence-corrected chi connectivity index (χ2v) is 6.97. The highest BCUT2D eigenvalue weighted by Crippen LogP contribution is 2.24. The first-order valence-corrected chi connectivity index (χ1v) is 9.54. The third-order valence-electron chi connectivity index (χ3n) is 3.92. The molecule has 0 saturated heterocycles. The van der Waals surface area contributed by atoms with E-state index in [1.54, 1.807) is 31.4 Å². The summed E-state index contributed by atoms with van der Waals surface area (Å²) in [6.07, 6.45) is 0.727. The van der Waals surface area contributed by atoms with E-state index in [4.69, 9.17) is 4.74 Å². The molecule has 7 nitrogen and oxygen atoms in total. The van der Waals surface area contributed by atoms with Gasteiger partial charge in [-0.15, -0.1) is 10.2 Å². The van der Waals surface area contributed by atoms with E-state index in [0.29, 0.717) is 17.1 Å². The van der Waals surface area contributed by atoms with Gasteiger partial charge in [0, 0.05) is 30.5 Å². The van der Waals surface area contributed by atoms with Crippen LogP contribution in [0.2, 0.25) is 0 Å². The molecule has 3 aromatic rings. The molecule has 1 aromatic heterocycles. The molecule has 0 bridgehead atoms. The molecule has 0 radical (unpaired) electrons. The predicted octanol–water partition coefficient (Wildman–Crippen LogP) is 2.90. The lowest BCUT2D eigenvalue weighted by molar-refractivity contribution is -0.116. The van der Waals surface area contributed by atoms with Crippen LogP contribution in [-0.2, 0) is 11.2 Å². The zero-order chi connectivity index (χ0) is 19.8. The van der Waals surface area contributed by atoms with Gasteiger partial charge in [-0.05, 0) is 18.2 Å². The normalized spacial score (nSPS) is 10.3. The largest absolute Gasteiger partial charge is 0.496 e. The van der Waals surface area contributed by atoms with Crippen LogP contribution >= 0.6 is 11.3 Å². The minimum absolute atomic E-state index is 0.153. The summed E-state index contributed by atoms with van der Waals surface area (Å²) in [6, 6.07) is 16.6. The van der Waals surface area contributed by atoms with Crippen molar-refractivity contribution in [3.8, 4) is 5.75 Å². The Balaban J connectivity index is 1.47. The monoisotopic (exact) mass is 396 g/mol. The Labute approximate surface area is 166 Å². The summed E-state index contributed by atoms with van der Waals surface area (Å²) in [5, 5.41) is 14.8. The lowest BCUT2D eigenvalue weighted by Gasteiger charge is -2.05. The van der Waals surface area contributed by atoms with Gasteiger partial charge in [-0.25, -0.2) is 0 Å². The molecule has 2 amide bonds. The Hall–Kier alpha value is -3.26. The number of carbonyl (C=O) groups is 2. The third-order valence-corrected chi connectivity index (χ3v) is 4.76. The number of benzene rings is 2. The van der Waals surface area contributed by atoms with Crippen molar-refractivity contribution >= 4 is 28.3 Å². The molecule has 2 aromatic carbocycles. The summed E-state index contributed by atoms with van der Waals surface area (Å²) < 4.78 is 5.34. The number of hydrogen-bond donors (Lipinski definition) is 2. The number of ether oxygens (including phenoxy) is 1. The SMILES string of the molecule is COc1ccccc1Cc1nnc(NC(=O)CCNC(=O)c2ccccc2)s1. The van der Waals surface area contributed by atoms with E-state index in [9.17, 15) is 9.59 Å². The van der Waals surface area contributed by atoms with Crippen LogP contribution in [0.1, 0.15) is 27.3 Å². The van der Waals surface area contributed by atoms with Crippen LogP contribution in [0.15, 0.2) is 54.6 Å². The van der Waals surface area contributed by atoms with Crippen molar-refractivity contribution in [3.63, 3.8) is 0 Å². The van der Waals surface area contributed by atoms with Gasteiger partial charge in [-0.3, -0.25) is 9.59 Å². The summed E-state index contributed by atoms with van der Waals surface area (Å²) >= 11 is 1.31. The zero-order valence-electron chi connectivity index (χ0n) is 15.3. The average Bonchev–Trinajstić information content (AvgIpc) is 3.15. The van der Waals surface area contributed by atoms with Crippen molar-refractivity contribution in [2.75, 3.05) is 19.0 Å². The molecular formula is C20H20N4O3S. The van der Waals surface area contributed by atoms with Gasteiger partial charge in [0.15, 0.2) is 0 Å². The summed E-state index contributed by atoms with van der Waals surface area (Å²) in [4.78, 5) is 24.0. The number of anilines is 1. The lowest BCUT2D eigenvalue weighted by Crippen LogP contribution is -2.27. The topological polar surface area (TPSA) is 93.2 Å². The summed E-state index contributed by atoms with van der Waals surface area (Å²) in [7, 11) is 1.63. The maximum atomic E-state index is 12.1. The first-order chi connectivity index (χ1) is 13.7. The molecule has 0 aliphatic carbocycles. The van der Waals surface area contributed by atoms with Crippen molar-refractivity contribution in [1.29, 1.82) is 0 Å². The van der Waals surface area contributed by atoms with Gasteiger partial charge >= 0.3 is 0 Å². The zero-order valence-corrected chi connectivity index (χ0v) is 16.2. The van der Waals surface area contributed by atoms with Crippen LogP contribution < -0.4 is 15.4 Å². The molecule has 8 heteroatoms. The maximum absolute atomic E-state index is 12.1. The Morgan fingerprint density at radius 1 is 1.04 bits per heavy atom. The molecule has 0 spiro atoms. The molecule has 3 rings (SSSR count). The molecule has 0 unspecified atom stereocenters. The first kappa shape index (κ1) is 19.5. The summed E-state index contributed by atoms with van der Waals surface area (Å²) in [5.41, 5.74) is 1.57. The van der Waals surface area contributed by atoms with E-state index in [1.165, 1.54) is 11.3 Å². The molecule has 0 aliphatic heterocycles. The standard InChI is InChI=1S/C20H20N4O3S/c1-27-16-10-6-5-9-15(16)13-18-23-24-20(28-18)22-17(25)11-12-21-19(26)14-7-3-2-4-8-14/h2-10H,11-13H2,1H3,(H,21,26)(H,22,24,25). The van der Waals surface area contributed by atoms with Gasteiger partial charge < -0.3 is 15.4 Å². The van der Waals surface area contributed by atoms with E-state index in [2.05, 4.69) is 20.8 Å². The quantitative estimate of drug-likeness (QED) is 0.611. The van der Waals surface area contributed by atoms with Gasteiger partial charge in [-0.2, -0.15) is 0 Å². The number of amides is 2. The van der Waals surface area contributed by atoms with Crippen molar-refractivity contribution in [2.24, 2.45) is 0 Å². The highest BCUT2D eigenvalue weighted by Gasteiger charge is 2.11. The molecule has 1 heterocycles. The third kappa shape index (κ3) is 5.37. The molecule has 144 valence electrons. The van der Waals surface area contributed by atoms with Crippen LogP contribution in [0, 0.1) is 0 Å². The van der Waals surface area contributed by atoms with Crippen LogP contribution in [0.4, 0.5) is 5.13 Å². The van der Waals surface area contributed by atoms with Gasteiger partial charge in [0.05, 0.1) is 7.11 Å². The number of rotatable bonds is 8. The molecule has 28 heavy (non-hydrogen) atoms. The van der Waals surface area contributed by atoms with Gasteiger partial charge in [0.1, 0.15) is 10.8 Å². The Bertz CT molecular complexity index is 943. The number of nitrogens with zero attached hydrogens (tertiary/aromatic N) is 2. The van der Waals surface area contributed by atoms with E-state index >= 15 is 0 Å². The predicted molar refractivity (Wildman–Crippen MR) is 108 cm³/mol. The fourth-order valence-corrected chi connectivity index (χ4v) is 3.33. The average molecular weight is 396 g/mol. The van der Waals surface area contributed by atoms with Crippen molar-refractivity contribution in [2.45, 2.75) is 12.8 Å². The molecule has 0 aliphatic rings. The fraction of sp³-hybridized carbons (Fsp3) is 0.200. The minimum atomic E-state index is -0.228. The number of nitrogens with one attached hydrogen (secondary N) is 2. The molecule has 0 saturated carbocycles. The highest BCUT2D eigenvalue weighted by atomic mass is 32.1. The van der Waals surface area contributed by atoms with Crippen LogP contribution in [0.25, 0.3) is 0 Å². The maximum Gasteiger partial charge on any atom is 0.251 e. The molecule has 0 atom stereocenters. The van der Waals surface area contributed by atoms with Crippen LogP contribution in [0.3, 0.4) is 0 Å². The Morgan fingerprint density at radius 3 is 2.57 bits per heavy atom. The molecule has 0 fully saturated rings. The first-order valence-electron chi connectivity index (χ1n) is 8.73.